The highest BCUT2D eigenvalue weighted by Gasteiger charge is 2.33. The van der Waals surface area contributed by atoms with Gasteiger partial charge in [0, 0.05) is 68.1 Å². The van der Waals surface area contributed by atoms with Crippen molar-refractivity contribution in [2.24, 2.45) is 17.6 Å². The molecule has 16 nitrogen and oxygen atoms in total. The number of rotatable bonds is 13. The van der Waals surface area contributed by atoms with Crippen LogP contribution in [0.2, 0.25) is 0 Å². The molecule has 6 N–H and O–H groups in total. The molecule has 2 bridgehead atoms. The second kappa shape index (κ2) is 22.3. The maximum Gasteiger partial charge on any atom is 0.405 e. The zero-order valence-corrected chi connectivity index (χ0v) is 33.4. The molecule has 6 atom stereocenters. The summed E-state index contributed by atoms with van der Waals surface area (Å²) in [6, 6.07) is 5.37. The summed E-state index contributed by atoms with van der Waals surface area (Å²) in [5.41, 5.74) is 6.59. The quantitative estimate of drug-likeness (QED) is 0.0620. The molecular weight excluding hydrogens is 738 g/mol. The summed E-state index contributed by atoms with van der Waals surface area (Å²) in [6.07, 6.45) is 6.33. The number of allylic oxidation sites excluding steroid dienone is 4. The number of primary amides is 1. The van der Waals surface area contributed by atoms with Gasteiger partial charge >= 0.3 is 6.09 Å². The summed E-state index contributed by atoms with van der Waals surface area (Å²) in [5, 5.41) is 30.8. The Balaban J connectivity index is 1.76. The van der Waals surface area contributed by atoms with Crippen LogP contribution in [0, 0.1) is 22.0 Å². The van der Waals surface area contributed by atoms with Gasteiger partial charge in [-0.05, 0) is 63.2 Å². The van der Waals surface area contributed by atoms with E-state index in [0.29, 0.717) is 43.5 Å². The third kappa shape index (κ3) is 13.6. The van der Waals surface area contributed by atoms with Crippen LogP contribution in [0.3, 0.4) is 0 Å². The molecule has 0 saturated carbocycles. The van der Waals surface area contributed by atoms with Crippen LogP contribution >= 0.6 is 0 Å². The number of aliphatic hydroxyl groups is 1. The number of carbonyl (C=O) groups is 5. The van der Waals surface area contributed by atoms with Gasteiger partial charge in [0.25, 0.3) is 17.5 Å². The fraction of sp³-hybridized carbons (Fsp3) is 0.488. The Hall–Kier alpha value is -5.45. The number of methoxy groups -OCH3 is 2. The number of amides is 3. The van der Waals surface area contributed by atoms with E-state index in [1.54, 1.807) is 26.0 Å². The number of fused-ring (bicyclic) bond motifs is 2. The first-order chi connectivity index (χ1) is 27.1. The number of benzene rings is 1. The predicted molar refractivity (Wildman–Crippen MR) is 211 cm³/mol. The van der Waals surface area contributed by atoms with Gasteiger partial charge in [0.1, 0.15) is 6.10 Å². The number of ketones is 2. The molecule has 1 aromatic carbocycles. The predicted octanol–water partition coefficient (Wildman–Crippen LogP) is 4.25. The minimum absolute atomic E-state index is 0.0949. The monoisotopic (exact) mass is 793 g/mol. The molecule has 1 heterocycles. The Bertz CT molecular complexity index is 1800. The van der Waals surface area contributed by atoms with Gasteiger partial charge in [-0.1, -0.05) is 51.0 Å². The van der Waals surface area contributed by atoms with Crippen molar-refractivity contribution in [3.63, 3.8) is 0 Å². The van der Waals surface area contributed by atoms with Crippen molar-refractivity contribution < 1.29 is 48.2 Å². The average molecular weight is 794 g/mol. The van der Waals surface area contributed by atoms with Gasteiger partial charge in [-0.3, -0.25) is 29.3 Å². The highest BCUT2D eigenvalue weighted by atomic mass is 16.6. The van der Waals surface area contributed by atoms with Gasteiger partial charge in [0.05, 0.1) is 28.5 Å². The largest absolute Gasteiger partial charge is 0.439 e. The fourth-order valence-corrected chi connectivity index (χ4v) is 6.63. The maximum atomic E-state index is 14.0. The lowest BCUT2D eigenvalue weighted by atomic mass is 9.85. The van der Waals surface area contributed by atoms with Gasteiger partial charge in [0.15, 0.2) is 6.10 Å². The Morgan fingerprint density at radius 1 is 1.02 bits per heavy atom. The smallest absolute Gasteiger partial charge is 0.405 e. The first-order valence-corrected chi connectivity index (χ1v) is 18.9. The van der Waals surface area contributed by atoms with Crippen molar-refractivity contribution in [1.29, 1.82) is 0 Å². The first kappa shape index (κ1) is 45.9. The van der Waals surface area contributed by atoms with E-state index < -0.39 is 58.8 Å². The highest BCUT2D eigenvalue weighted by Crippen LogP contribution is 2.29. The third-order valence-electron chi connectivity index (χ3n) is 9.82. The topological polar surface area (TPSA) is 239 Å². The lowest BCUT2D eigenvalue weighted by Gasteiger charge is -2.30. The van der Waals surface area contributed by atoms with Crippen LogP contribution in [0.25, 0.3) is 0 Å². The molecule has 57 heavy (non-hydrogen) atoms. The van der Waals surface area contributed by atoms with Crippen LogP contribution < -0.4 is 21.7 Å². The van der Waals surface area contributed by atoms with Crippen LogP contribution in [0.5, 0.6) is 0 Å². The van der Waals surface area contributed by atoms with Crippen molar-refractivity contribution in [3.05, 3.63) is 98.4 Å². The fourth-order valence-electron chi connectivity index (χ4n) is 6.63. The number of Topliss-reactive ketones (excluding diaryl/α,β-unsaturated/α-hetero) is 1. The molecule has 2 aliphatic rings. The van der Waals surface area contributed by atoms with Gasteiger partial charge in [-0.2, -0.15) is 0 Å². The van der Waals surface area contributed by atoms with E-state index in [4.69, 9.17) is 19.9 Å². The number of ether oxygens (including phenoxy) is 3. The molecule has 1 aromatic rings. The van der Waals surface area contributed by atoms with Crippen molar-refractivity contribution in [2.75, 3.05) is 27.3 Å². The zero-order valence-electron chi connectivity index (χ0n) is 33.4. The third-order valence-corrected chi connectivity index (χ3v) is 9.82. The summed E-state index contributed by atoms with van der Waals surface area (Å²) in [5.74, 6) is -2.65. The zero-order chi connectivity index (χ0) is 42.2. The molecule has 0 unspecified atom stereocenters. The second-order valence-corrected chi connectivity index (χ2v) is 14.3. The molecule has 1 aliphatic carbocycles. The standard InChI is InChI=1S/C41H55N5O11/c1-24-20-30-35(43-18-9-7-8-10-19-44-40(51)28-14-16-29(17-15-28)46(53)54)32(47)23-31(37(30)49)45-39(50)25(2)12-11-13-33(55-5)38(57-41(42)52)27(4)22-26(3)36(48)34(21-24)56-6/h11-17,22-24,26,33-34,36,38,43,48H,7-10,18-21H2,1-6H3,(H2,42,52)(H,44,51)(H,45,50)/b13-11-,25-12+,27-22+/t24-,26+,33+,34+,36-,38+/m1/s1. The van der Waals surface area contributed by atoms with Crippen molar-refractivity contribution in [3.8, 4) is 0 Å². The van der Waals surface area contributed by atoms with Crippen molar-refractivity contribution in [1.82, 2.24) is 16.0 Å². The number of aliphatic hydroxyl groups excluding tert-OH is 1. The lowest BCUT2D eigenvalue weighted by molar-refractivity contribution is -0.384. The van der Waals surface area contributed by atoms with E-state index in [1.165, 1.54) is 57.6 Å². The molecule has 1 aliphatic heterocycles. The number of hydrogen-bond acceptors (Lipinski definition) is 12. The van der Waals surface area contributed by atoms with Crippen molar-refractivity contribution in [2.45, 2.75) is 90.6 Å². The van der Waals surface area contributed by atoms with E-state index >= 15 is 0 Å². The van der Waals surface area contributed by atoms with E-state index in [2.05, 4.69) is 16.0 Å². The number of nitrogens with one attached hydrogen (secondary N) is 3. The Kier molecular flexibility index (Phi) is 18.0. The molecule has 0 fully saturated rings. The molecule has 0 aromatic heterocycles. The molecule has 0 radical (unpaired) electrons. The number of unbranched alkanes of at least 4 members (excludes halogenated alkanes) is 3. The highest BCUT2D eigenvalue weighted by molar-refractivity contribution is 6.23. The van der Waals surface area contributed by atoms with Crippen LogP contribution in [0.4, 0.5) is 10.5 Å². The lowest BCUT2D eigenvalue weighted by Crippen LogP contribution is -2.38. The maximum absolute atomic E-state index is 14.0. The first-order valence-electron chi connectivity index (χ1n) is 18.9. The number of non-ortho nitro benzene ring substituents is 1. The summed E-state index contributed by atoms with van der Waals surface area (Å²) in [6.45, 7) is 7.73. The average Bonchev–Trinajstić information content (AvgIpc) is 3.17. The molecular formula is C41H55N5O11. The van der Waals surface area contributed by atoms with Gasteiger partial charge in [-0.25, -0.2) is 4.79 Å². The summed E-state index contributed by atoms with van der Waals surface area (Å²) in [7, 11) is 2.90. The number of carbonyl (C=O) groups excluding carboxylic acids is 5. The normalized spacial score (nSPS) is 26.2. The molecule has 0 saturated heterocycles. The summed E-state index contributed by atoms with van der Waals surface area (Å²) < 4.78 is 16.7. The second-order valence-electron chi connectivity index (χ2n) is 14.3. The minimum Gasteiger partial charge on any atom is -0.439 e. The summed E-state index contributed by atoms with van der Waals surface area (Å²) in [4.78, 5) is 75.2. The Morgan fingerprint density at radius 3 is 2.30 bits per heavy atom. The van der Waals surface area contributed by atoms with Crippen LogP contribution in [-0.2, 0) is 28.6 Å². The molecule has 3 amide bonds. The van der Waals surface area contributed by atoms with Gasteiger partial charge < -0.3 is 41.0 Å². The van der Waals surface area contributed by atoms with Crippen LogP contribution in [0.1, 0.15) is 76.6 Å². The molecule has 3 rings (SSSR count). The number of nitro groups is 1. The van der Waals surface area contributed by atoms with Gasteiger partial charge in [-0.15, -0.1) is 0 Å². The minimum atomic E-state index is -1.02. The molecule has 16 heteroatoms. The Labute approximate surface area is 332 Å². The van der Waals surface area contributed by atoms with Crippen LogP contribution in [0.15, 0.2) is 82.8 Å². The van der Waals surface area contributed by atoms with E-state index in [0.717, 1.165) is 18.9 Å². The molecule has 0 spiro atoms. The molecule has 310 valence electrons. The number of hydrogen-bond donors (Lipinski definition) is 5. The number of nitro benzene ring substituents is 1. The van der Waals surface area contributed by atoms with E-state index in [1.807, 2.05) is 6.92 Å². The van der Waals surface area contributed by atoms with E-state index in [9.17, 15) is 39.2 Å². The van der Waals surface area contributed by atoms with Gasteiger partial charge in [0.2, 0.25) is 11.6 Å². The number of nitrogens with zero attached hydrogens (tertiary/aromatic N) is 1. The number of nitrogens with two attached hydrogens (primary N) is 1. The Morgan fingerprint density at radius 2 is 1.68 bits per heavy atom. The summed E-state index contributed by atoms with van der Waals surface area (Å²) >= 11 is 0. The van der Waals surface area contributed by atoms with E-state index in [-0.39, 0.29) is 46.5 Å². The van der Waals surface area contributed by atoms with Crippen molar-refractivity contribution >= 4 is 35.2 Å². The van der Waals surface area contributed by atoms with Crippen LogP contribution in [-0.4, -0.2) is 91.2 Å². The SMILES string of the molecule is CO[C@H]1/C=C\C=C(/C)C(=O)NC2=CC(=O)C(NCCCCCCNC(=O)c3ccc([N+](=O)[O-])cc3)=C(C[C@@H](C)C[C@H](OC)[C@H](O)[C@@H](C)/C=C(\C)[C@@H]1OC(N)=O)C2=O.